The van der Waals surface area contributed by atoms with Gasteiger partial charge in [-0.2, -0.15) is 0 Å². The largest absolute Gasteiger partial charge is 0.241 e. The Balaban J connectivity index is 3.11. The predicted octanol–water partition coefficient (Wildman–Crippen LogP) is 3.45. The van der Waals surface area contributed by atoms with Crippen molar-refractivity contribution in [1.82, 2.24) is 4.72 Å². The zero-order valence-electron chi connectivity index (χ0n) is 9.92. The van der Waals surface area contributed by atoms with Crippen molar-refractivity contribution in [3.8, 4) is 0 Å². The van der Waals surface area contributed by atoms with E-state index in [1.807, 2.05) is 20.8 Å². The Morgan fingerprint density at radius 3 is 2.35 bits per heavy atom. The summed E-state index contributed by atoms with van der Waals surface area (Å²) in [4.78, 5) is 0.277. The minimum absolute atomic E-state index is 0.277. The fraction of sp³-hybridized carbons (Fsp3) is 0.455. The summed E-state index contributed by atoms with van der Waals surface area (Å²) in [6, 6.07) is 3.40. The molecule has 0 radical (unpaired) electrons. The number of hydrogen-bond acceptors (Lipinski definition) is 2. The molecule has 0 aliphatic heterocycles. The average Bonchev–Trinajstić information content (AvgIpc) is 2.20. The summed E-state index contributed by atoms with van der Waals surface area (Å²) < 4.78 is 28.2. The first-order valence-corrected chi connectivity index (χ1v) is 8.26. The lowest BCUT2D eigenvalue weighted by Gasteiger charge is -2.11. The Morgan fingerprint density at radius 1 is 1.24 bits per heavy atom. The van der Waals surface area contributed by atoms with Crippen molar-refractivity contribution in [2.75, 3.05) is 6.54 Å². The number of benzene rings is 1. The van der Waals surface area contributed by atoms with Crippen LogP contribution in [0.3, 0.4) is 0 Å². The van der Waals surface area contributed by atoms with Crippen LogP contribution in [-0.4, -0.2) is 15.0 Å². The van der Waals surface area contributed by atoms with Gasteiger partial charge in [0, 0.05) is 15.5 Å². The van der Waals surface area contributed by atoms with Crippen LogP contribution in [0.15, 0.2) is 26.0 Å². The predicted molar refractivity (Wildman–Crippen MR) is 76.6 cm³/mol. The second kappa shape index (κ2) is 5.82. The summed E-state index contributed by atoms with van der Waals surface area (Å²) in [6.07, 6.45) is 0. The number of rotatable bonds is 4. The summed E-state index contributed by atoms with van der Waals surface area (Å²) in [5.74, 6) is 0.278. The highest BCUT2D eigenvalue weighted by Crippen LogP contribution is 2.28. The molecule has 0 saturated carbocycles. The molecule has 0 aliphatic rings. The van der Waals surface area contributed by atoms with E-state index in [1.54, 1.807) is 12.1 Å². The molecule has 0 spiro atoms. The second-order valence-corrected chi connectivity index (χ2v) is 7.72. The van der Waals surface area contributed by atoms with Gasteiger partial charge in [-0.25, -0.2) is 13.1 Å². The molecule has 6 heteroatoms. The highest BCUT2D eigenvalue weighted by molar-refractivity contribution is 9.11. The molecule has 0 aromatic heterocycles. The van der Waals surface area contributed by atoms with Crippen LogP contribution in [0.2, 0.25) is 0 Å². The standard InChI is InChI=1S/C11H15Br2NO2S/c1-7(2)6-14-17(15,16)11-4-8(3)9(12)5-10(11)13/h4-5,7,14H,6H2,1-3H3. The molecular weight excluding hydrogens is 370 g/mol. The Kier molecular flexibility index (Phi) is 5.19. The van der Waals surface area contributed by atoms with Gasteiger partial charge in [0.05, 0.1) is 4.90 Å². The van der Waals surface area contributed by atoms with Crippen molar-refractivity contribution in [2.45, 2.75) is 25.7 Å². The maximum atomic E-state index is 12.1. The van der Waals surface area contributed by atoms with Gasteiger partial charge in [-0.1, -0.05) is 29.8 Å². The molecule has 3 nitrogen and oxygen atoms in total. The van der Waals surface area contributed by atoms with Crippen molar-refractivity contribution >= 4 is 41.9 Å². The molecule has 0 amide bonds. The van der Waals surface area contributed by atoms with Crippen LogP contribution in [0.5, 0.6) is 0 Å². The van der Waals surface area contributed by atoms with Crippen molar-refractivity contribution < 1.29 is 8.42 Å². The third kappa shape index (κ3) is 4.05. The Labute approximate surface area is 119 Å². The number of sulfonamides is 1. The lowest BCUT2D eigenvalue weighted by molar-refractivity contribution is 0.559. The van der Waals surface area contributed by atoms with Crippen molar-refractivity contribution in [3.63, 3.8) is 0 Å². The van der Waals surface area contributed by atoms with Crippen LogP contribution in [0.25, 0.3) is 0 Å². The van der Waals surface area contributed by atoms with Gasteiger partial charge in [-0.15, -0.1) is 0 Å². The third-order valence-electron chi connectivity index (χ3n) is 2.18. The lowest BCUT2D eigenvalue weighted by Crippen LogP contribution is -2.27. The minimum atomic E-state index is -3.44. The van der Waals surface area contributed by atoms with E-state index in [2.05, 4.69) is 36.6 Å². The molecule has 17 heavy (non-hydrogen) atoms. The summed E-state index contributed by atoms with van der Waals surface area (Å²) >= 11 is 6.64. The van der Waals surface area contributed by atoms with E-state index < -0.39 is 10.0 Å². The zero-order chi connectivity index (χ0) is 13.2. The Hall–Kier alpha value is 0.0900. The minimum Gasteiger partial charge on any atom is -0.211 e. The molecule has 96 valence electrons. The lowest BCUT2D eigenvalue weighted by atomic mass is 10.2. The molecule has 0 fully saturated rings. The monoisotopic (exact) mass is 383 g/mol. The van der Waals surface area contributed by atoms with E-state index in [-0.39, 0.29) is 10.8 Å². The maximum absolute atomic E-state index is 12.1. The molecule has 0 bridgehead atoms. The smallest absolute Gasteiger partial charge is 0.211 e. The molecule has 0 aliphatic carbocycles. The third-order valence-corrected chi connectivity index (χ3v) is 5.42. The first-order chi connectivity index (χ1) is 7.74. The van der Waals surface area contributed by atoms with Crippen LogP contribution < -0.4 is 4.72 Å². The molecular formula is C11H15Br2NO2S. The van der Waals surface area contributed by atoms with Crippen molar-refractivity contribution in [2.24, 2.45) is 5.92 Å². The van der Waals surface area contributed by atoms with Crippen molar-refractivity contribution in [3.05, 3.63) is 26.6 Å². The highest BCUT2D eigenvalue weighted by Gasteiger charge is 2.18. The maximum Gasteiger partial charge on any atom is 0.241 e. The zero-order valence-corrected chi connectivity index (χ0v) is 13.9. The number of hydrogen-bond donors (Lipinski definition) is 1. The first kappa shape index (κ1) is 15.1. The molecule has 1 N–H and O–H groups in total. The van der Waals surface area contributed by atoms with Gasteiger partial charge in [0.2, 0.25) is 10.0 Å². The van der Waals surface area contributed by atoms with Gasteiger partial charge in [0.25, 0.3) is 0 Å². The summed E-state index contributed by atoms with van der Waals surface area (Å²) in [6.45, 7) is 6.22. The van der Waals surface area contributed by atoms with E-state index in [0.29, 0.717) is 11.0 Å². The van der Waals surface area contributed by atoms with Crippen LogP contribution in [0.4, 0.5) is 0 Å². The number of nitrogens with one attached hydrogen (secondary N) is 1. The summed E-state index contributed by atoms with van der Waals surface area (Å²) in [5.41, 5.74) is 0.887. The topological polar surface area (TPSA) is 46.2 Å². The van der Waals surface area contributed by atoms with Crippen LogP contribution in [-0.2, 0) is 10.0 Å². The van der Waals surface area contributed by atoms with Gasteiger partial charge in [-0.05, 0) is 46.5 Å². The molecule has 0 heterocycles. The van der Waals surface area contributed by atoms with Crippen molar-refractivity contribution in [1.29, 1.82) is 0 Å². The van der Waals surface area contributed by atoms with Crippen LogP contribution in [0, 0.1) is 12.8 Å². The molecule has 0 unspecified atom stereocenters. The average molecular weight is 385 g/mol. The molecule has 0 atom stereocenters. The van der Waals surface area contributed by atoms with Gasteiger partial charge in [0.15, 0.2) is 0 Å². The molecule has 1 aromatic rings. The quantitative estimate of drug-likeness (QED) is 0.863. The summed E-state index contributed by atoms with van der Waals surface area (Å²) in [7, 11) is -3.44. The van der Waals surface area contributed by atoms with Gasteiger partial charge < -0.3 is 0 Å². The normalized spacial score (nSPS) is 12.1. The van der Waals surface area contributed by atoms with E-state index >= 15 is 0 Å². The van der Waals surface area contributed by atoms with E-state index in [0.717, 1.165) is 10.0 Å². The molecule has 0 saturated heterocycles. The summed E-state index contributed by atoms with van der Waals surface area (Å²) in [5, 5.41) is 0. The number of halogens is 2. The molecule has 1 aromatic carbocycles. The van der Waals surface area contributed by atoms with Gasteiger partial charge in [0.1, 0.15) is 0 Å². The van der Waals surface area contributed by atoms with Gasteiger partial charge >= 0.3 is 0 Å². The highest BCUT2D eigenvalue weighted by atomic mass is 79.9. The van der Waals surface area contributed by atoms with Crippen LogP contribution >= 0.6 is 31.9 Å². The van der Waals surface area contributed by atoms with E-state index in [4.69, 9.17) is 0 Å². The number of aryl methyl sites for hydroxylation is 1. The Bertz CT molecular complexity index is 512. The fourth-order valence-corrected chi connectivity index (χ4v) is 4.18. The second-order valence-electron chi connectivity index (χ2n) is 4.28. The Morgan fingerprint density at radius 2 is 1.82 bits per heavy atom. The van der Waals surface area contributed by atoms with E-state index in [1.165, 1.54) is 0 Å². The first-order valence-electron chi connectivity index (χ1n) is 5.19. The molecule has 1 rings (SSSR count). The van der Waals surface area contributed by atoms with E-state index in [9.17, 15) is 8.42 Å². The van der Waals surface area contributed by atoms with Gasteiger partial charge in [-0.3, -0.25) is 0 Å². The fourth-order valence-electron chi connectivity index (χ4n) is 1.19. The SMILES string of the molecule is Cc1cc(S(=O)(=O)NCC(C)C)c(Br)cc1Br. The van der Waals surface area contributed by atoms with Crippen LogP contribution in [0.1, 0.15) is 19.4 Å².